The summed E-state index contributed by atoms with van der Waals surface area (Å²) >= 11 is 5.82. The maximum atomic E-state index is 12.5. The lowest BCUT2D eigenvalue weighted by molar-refractivity contribution is 0.0502. The van der Waals surface area contributed by atoms with E-state index >= 15 is 0 Å². The highest BCUT2D eigenvalue weighted by atomic mass is 35.5. The number of halogens is 1. The smallest absolute Gasteiger partial charge is 0.338 e. The number of esters is 1. The van der Waals surface area contributed by atoms with E-state index in [1.165, 1.54) is 0 Å². The Labute approximate surface area is 128 Å². The molecule has 0 spiro atoms. The molecule has 0 aliphatic carbocycles. The van der Waals surface area contributed by atoms with Crippen molar-refractivity contribution < 1.29 is 14.3 Å². The van der Waals surface area contributed by atoms with E-state index in [4.69, 9.17) is 16.3 Å². The van der Waals surface area contributed by atoms with Crippen LogP contribution < -0.4 is 0 Å². The molecular formula is C17H15ClO3. The van der Waals surface area contributed by atoms with Gasteiger partial charge < -0.3 is 4.74 Å². The zero-order chi connectivity index (χ0) is 15.2. The number of hydrogen-bond acceptors (Lipinski definition) is 3. The van der Waals surface area contributed by atoms with Crippen molar-refractivity contribution in [2.75, 3.05) is 6.61 Å². The average Bonchev–Trinajstić information content (AvgIpc) is 2.52. The first kappa shape index (κ1) is 15.3. The van der Waals surface area contributed by atoms with Gasteiger partial charge in [-0.25, -0.2) is 4.79 Å². The highest BCUT2D eigenvalue weighted by molar-refractivity contribution is 6.30. The Balaban J connectivity index is 2.33. The van der Waals surface area contributed by atoms with E-state index in [1.54, 1.807) is 48.5 Å². The van der Waals surface area contributed by atoms with Crippen molar-refractivity contribution in [2.24, 2.45) is 0 Å². The fourth-order valence-electron chi connectivity index (χ4n) is 1.89. The van der Waals surface area contributed by atoms with Crippen molar-refractivity contribution in [2.45, 2.75) is 13.3 Å². The number of benzene rings is 2. The van der Waals surface area contributed by atoms with Gasteiger partial charge in [-0.15, -0.1) is 0 Å². The average molecular weight is 303 g/mol. The predicted octanol–water partition coefficient (Wildman–Crippen LogP) is 4.14. The van der Waals surface area contributed by atoms with E-state index in [-0.39, 0.29) is 11.3 Å². The van der Waals surface area contributed by atoms with Gasteiger partial charge in [0, 0.05) is 16.1 Å². The SMILES string of the molecule is CCCOC(=O)c1ccccc1C(=O)c1ccc(Cl)cc1. The van der Waals surface area contributed by atoms with Gasteiger partial charge in [0.2, 0.25) is 0 Å². The van der Waals surface area contributed by atoms with Crippen LogP contribution in [0.1, 0.15) is 39.6 Å². The summed E-state index contributed by atoms with van der Waals surface area (Å²) < 4.78 is 5.11. The van der Waals surface area contributed by atoms with Crippen LogP contribution >= 0.6 is 11.6 Å². The van der Waals surface area contributed by atoms with Gasteiger partial charge in [-0.2, -0.15) is 0 Å². The van der Waals surface area contributed by atoms with Crippen LogP contribution in [0, 0.1) is 0 Å². The Morgan fingerprint density at radius 1 is 1.00 bits per heavy atom. The second kappa shape index (κ2) is 7.04. The number of carbonyl (C=O) groups excluding carboxylic acids is 2. The van der Waals surface area contributed by atoms with Crippen LogP contribution in [0.3, 0.4) is 0 Å². The third kappa shape index (κ3) is 3.70. The van der Waals surface area contributed by atoms with E-state index in [0.717, 1.165) is 6.42 Å². The number of carbonyl (C=O) groups is 2. The molecule has 108 valence electrons. The third-order valence-corrected chi connectivity index (χ3v) is 3.19. The van der Waals surface area contributed by atoms with Crippen molar-refractivity contribution in [1.82, 2.24) is 0 Å². The highest BCUT2D eigenvalue weighted by Gasteiger charge is 2.18. The molecule has 0 atom stereocenters. The van der Waals surface area contributed by atoms with Crippen LogP contribution in [0.5, 0.6) is 0 Å². The second-order valence-corrected chi connectivity index (χ2v) is 4.95. The van der Waals surface area contributed by atoms with Crippen LogP contribution in [0.2, 0.25) is 5.02 Å². The van der Waals surface area contributed by atoms with Crippen molar-refractivity contribution in [3.05, 3.63) is 70.2 Å². The minimum absolute atomic E-state index is 0.226. The van der Waals surface area contributed by atoms with Crippen molar-refractivity contribution in [3.63, 3.8) is 0 Å². The Hall–Kier alpha value is -2.13. The second-order valence-electron chi connectivity index (χ2n) is 4.52. The molecule has 2 aromatic carbocycles. The van der Waals surface area contributed by atoms with E-state index < -0.39 is 5.97 Å². The molecule has 0 aromatic heterocycles. The minimum Gasteiger partial charge on any atom is -0.462 e. The van der Waals surface area contributed by atoms with Crippen molar-refractivity contribution >= 4 is 23.4 Å². The Morgan fingerprint density at radius 2 is 1.62 bits per heavy atom. The van der Waals surface area contributed by atoms with Gasteiger partial charge in [-0.1, -0.05) is 36.7 Å². The lowest BCUT2D eigenvalue weighted by Crippen LogP contribution is -2.13. The maximum Gasteiger partial charge on any atom is 0.338 e. The van der Waals surface area contributed by atoms with Crippen LogP contribution in [-0.2, 0) is 4.74 Å². The van der Waals surface area contributed by atoms with E-state index in [9.17, 15) is 9.59 Å². The standard InChI is InChI=1S/C17H15ClO3/c1-2-11-21-17(20)15-6-4-3-5-14(15)16(19)12-7-9-13(18)10-8-12/h3-10H,2,11H2,1H3. The van der Waals surface area contributed by atoms with Crippen LogP contribution in [0.25, 0.3) is 0 Å². The Kier molecular flexibility index (Phi) is 5.12. The molecule has 0 aliphatic rings. The van der Waals surface area contributed by atoms with E-state index in [0.29, 0.717) is 22.8 Å². The number of ketones is 1. The summed E-state index contributed by atoms with van der Waals surface area (Å²) in [5, 5.41) is 0.558. The first-order valence-corrected chi connectivity index (χ1v) is 7.07. The maximum absolute atomic E-state index is 12.5. The molecule has 21 heavy (non-hydrogen) atoms. The van der Waals surface area contributed by atoms with Crippen molar-refractivity contribution in [1.29, 1.82) is 0 Å². The molecule has 2 rings (SSSR count). The van der Waals surface area contributed by atoms with Crippen LogP contribution in [-0.4, -0.2) is 18.4 Å². The molecule has 0 heterocycles. The molecule has 0 bridgehead atoms. The van der Waals surface area contributed by atoms with Gasteiger partial charge in [0.05, 0.1) is 12.2 Å². The Bertz CT molecular complexity index is 647. The highest BCUT2D eigenvalue weighted by Crippen LogP contribution is 2.17. The van der Waals surface area contributed by atoms with E-state index in [2.05, 4.69) is 0 Å². The largest absolute Gasteiger partial charge is 0.462 e. The van der Waals surface area contributed by atoms with Gasteiger partial charge in [0.15, 0.2) is 5.78 Å². The first-order chi connectivity index (χ1) is 10.1. The van der Waals surface area contributed by atoms with E-state index in [1.807, 2.05) is 6.92 Å². The predicted molar refractivity (Wildman–Crippen MR) is 81.9 cm³/mol. The van der Waals surface area contributed by atoms with Crippen molar-refractivity contribution in [3.8, 4) is 0 Å². The molecule has 0 saturated carbocycles. The molecule has 0 N–H and O–H groups in total. The molecule has 4 heteroatoms. The lowest BCUT2D eigenvalue weighted by Gasteiger charge is -2.08. The fraction of sp³-hybridized carbons (Fsp3) is 0.176. The van der Waals surface area contributed by atoms with Gasteiger partial charge in [0.1, 0.15) is 0 Å². The summed E-state index contributed by atoms with van der Waals surface area (Å²) in [6.07, 6.45) is 0.735. The van der Waals surface area contributed by atoms with Crippen LogP contribution in [0.4, 0.5) is 0 Å². The Morgan fingerprint density at radius 3 is 2.24 bits per heavy atom. The fourth-order valence-corrected chi connectivity index (χ4v) is 2.01. The summed E-state index contributed by atoms with van der Waals surface area (Å²) in [5.74, 6) is -0.703. The molecule has 0 amide bonds. The first-order valence-electron chi connectivity index (χ1n) is 6.70. The quantitative estimate of drug-likeness (QED) is 0.616. The molecule has 0 aliphatic heterocycles. The zero-order valence-corrected chi connectivity index (χ0v) is 12.4. The molecule has 2 aromatic rings. The summed E-state index contributed by atoms with van der Waals surface area (Å²) in [6.45, 7) is 2.25. The van der Waals surface area contributed by atoms with Gasteiger partial charge in [-0.05, 0) is 36.8 Å². The van der Waals surface area contributed by atoms with Gasteiger partial charge in [-0.3, -0.25) is 4.79 Å². The zero-order valence-electron chi connectivity index (χ0n) is 11.6. The number of hydrogen-bond donors (Lipinski definition) is 0. The monoisotopic (exact) mass is 302 g/mol. The molecule has 3 nitrogen and oxygen atoms in total. The minimum atomic E-state index is -0.477. The molecular weight excluding hydrogens is 288 g/mol. The topological polar surface area (TPSA) is 43.4 Å². The van der Waals surface area contributed by atoms with Gasteiger partial charge in [0.25, 0.3) is 0 Å². The van der Waals surface area contributed by atoms with Crippen LogP contribution in [0.15, 0.2) is 48.5 Å². The molecule has 0 radical (unpaired) electrons. The summed E-state index contributed by atoms with van der Waals surface area (Å²) in [7, 11) is 0. The normalized spacial score (nSPS) is 10.2. The molecule has 0 saturated heterocycles. The summed E-state index contributed by atoms with van der Waals surface area (Å²) in [4.78, 5) is 24.5. The lowest BCUT2D eigenvalue weighted by atomic mass is 9.98. The summed E-state index contributed by atoms with van der Waals surface area (Å²) in [6, 6.07) is 13.2. The van der Waals surface area contributed by atoms with Gasteiger partial charge >= 0.3 is 5.97 Å². The third-order valence-electron chi connectivity index (χ3n) is 2.94. The number of ether oxygens (including phenoxy) is 1. The summed E-state index contributed by atoms with van der Waals surface area (Å²) in [5.41, 5.74) is 1.10. The number of rotatable bonds is 5. The molecule has 0 fully saturated rings. The molecule has 0 unspecified atom stereocenters.